The molecule has 1 aromatic rings. The number of carbonyl (C=O) groups excluding carboxylic acids is 1. The van der Waals surface area contributed by atoms with Crippen molar-refractivity contribution in [3.05, 3.63) is 29.6 Å². The van der Waals surface area contributed by atoms with Crippen LogP contribution in [-0.4, -0.2) is 25.1 Å². The van der Waals surface area contributed by atoms with E-state index in [0.717, 1.165) is 18.5 Å². The lowest BCUT2D eigenvalue weighted by Crippen LogP contribution is -2.36. The van der Waals surface area contributed by atoms with Crippen LogP contribution in [0.4, 0.5) is 4.39 Å². The summed E-state index contributed by atoms with van der Waals surface area (Å²) in [6, 6.07) is 4.71. The van der Waals surface area contributed by atoms with Crippen LogP contribution in [0.1, 0.15) is 25.8 Å². The summed E-state index contributed by atoms with van der Waals surface area (Å²) in [5.74, 6) is 1.49. The molecule has 0 aliphatic heterocycles. The maximum Gasteiger partial charge on any atom is 0.261 e. The van der Waals surface area contributed by atoms with Crippen molar-refractivity contribution in [3.8, 4) is 18.1 Å². The Morgan fingerprint density at radius 3 is 2.90 bits per heavy atom. The SMILES string of the molecule is C#CCNC(=O)C(C)Oc1ccc(CNCCC)cc1F. The summed E-state index contributed by atoms with van der Waals surface area (Å²) in [5, 5.41) is 5.67. The summed E-state index contributed by atoms with van der Waals surface area (Å²) in [6.45, 7) is 5.21. The normalized spacial score (nSPS) is 11.5. The predicted octanol–water partition coefficient (Wildman–Crippen LogP) is 1.84. The van der Waals surface area contributed by atoms with Crippen LogP contribution in [0.5, 0.6) is 5.75 Å². The van der Waals surface area contributed by atoms with Gasteiger partial charge in [-0.2, -0.15) is 0 Å². The van der Waals surface area contributed by atoms with E-state index in [1.165, 1.54) is 12.1 Å². The molecule has 1 aromatic carbocycles. The summed E-state index contributed by atoms with van der Waals surface area (Å²) in [7, 11) is 0. The van der Waals surface area contributed by atoms with Gasteiger partial charge in [-0.25, -0.2) is 4.39 Å². The summed E-state index contributed by atoms with van der Waals surface area (Å²) in [4.78, 5) is 11.6. The van der Waals surface area contributed by atoms with Gasteiger partial charge in [0, 0.05) is 6.54 Å². The number of halogens is 1. The Morgan fingerprint density at radius 2 is 2.29 bits per heavy atom. The van der Waals surface area contributed by atoms with Gasteiger partial charge in [-0.05, 0) is 37.6 Å². The first-order chi connectivity index (χ1) is 10.1. The average molecular weight is 292 g/mol. The molecule has 1 amide bonds. The number of ether oxygens (including phenoxy) is 1. The molecule has 0 aliphatic rings. The molecule has 0 saturated heterocycles. The minimum Gasteiger partial charge on any atom is -0.478 e. The molecule has 0 heterocycles. The fourth-order valence-electron chi connectivity index (χ4n) is 1.69. The second kappa shape index (κ2) is 8.98. The molecule has 0 spiro atoms. The van der Waals surface area contributed by atoms with E-state index in [0.29, 0.717) is 6.54 Å². The van der Waals surface area contributed by atoms with E-state index in [9.17, 15) is 9.18 Å². The highest BCUT2D eigenvalue weighted by Gasteiger charge is 2.16. The zero-order valence-corrected chi connectivity index (χ0v) is 12.4. The first kappa shape index (κ1) is 17.0. The standard InChI is InChI=1S/C16H21FN2O2/c1-4-8-18-11-13-6-7-15(14(17)10-13)21-12(3)16(20)19-9-5-2/h2,6-7,10,12,18H,4,8-9,11H2,1,3H3,(H,19,20). The van der Waals surface area contributed by atoms with Gasteiger partial charge in [0.15, 0.2) is 17.7 Å². The fourth-order valence-corrected chi connectivity index (χ4v) is 1.69. The van der Waals surface area contributed by atoms with E-state index in [-0.39, 0.29) is 18.2 Å². The minimum atomic E-state index is -0.808. The first-order valence-electron chi connectivity index (χ1n) is 6.95. The highest BCUT2D eigenvalue weighted by Crippen LogP contribution is 2.19. The lowest BCUT2D eigenvalue weighted by atomic mass is 10.2. The third-order valence-corrected chi connectivity index (χ3v) is 2.79. The molecule has 2 N–H and O–H groups in total. The summed E-state index contributed by atoms with van der Waals surface area (Å²) in [6.07, 6.45) is 5.26. The molecule has 0 aliphatic carbocycles. The van der Waals surface area contributed by atoms with Gasteiger partial charge in [-0.1, -0.05) is 18.9 Å². The Morgan fingerprint density at radius 1 is 1.52 bits per heavy atom. The molecule has 0 fully saturated rings. The minimum absolute atomic E-state index is 0.0533. The summed E-state index contributed by atoms with van der Waals surface area (Å²) < 4.78 is 19.2. The summed E-state index contributed by atoms with van der Waals surface area (Å²) >= 11 is 0. The number of amides is 1. The van der Waals surface area contributed by atoms with Gasteiger partial charge in [0.1, 0.15) is 0 Å². The third-order valence-electron chi connectivity index (χ3n) is 2.79. The Kier molecular flexibility index (Phi) is 7.27. The number of carbonyl (C=O) groups is 1. The number of hydrogen-bond acceptors (Lipinski definition) is 3. The molecule has 0 radical (unpaired) electrons. The van der Waals surface area contributed by atoms with Gasteiger partial charge >= 0.3 is 0 Å². The van der Waals surface area contributed by atoms with Crippen LogP contribution in [0.3, 0.4) is 0 Å². The lowest BCUT2D eigenvalue weighted by Gasteiger charge is -2.15. The molecular formula is C16H21FN2O2. The fraction of sp³-hybridized carbons (Fsp3) is 0.438. The van der Waals surface area contributed by atoms with Crippen molar-refractivity contribution in [2.24, 2.45) is 0 Å². The maximum absolute atomic E-state index is 13.9. The Hall–Kier alpha value is -2.06. The Balaban J connectivity index is 2.59. The van der Waals surface area contributed by atoms with Crippen molar-refractivity contribution in [2.45, 2.75) is 32.9 Å². The van der Waals surface area contributed by atoms with Crippen LogP contribution >= 0.6 is 0 Å². The highest BCUT2D eigenvalue weighted by molar-refractivity contribution is 5.80. The van der Waals surface area contributed by atoms with Crippen LogP contribution in [-0.2, 0) is 11.3 Å². The molecule has 0 saturated carbocycles. The molecule has 0 bridgehead atoms. The van der Waals surface area contributed by atoms with E-state index >= 15 is 0 Å². The van der Waals surface area contributed by atoms with Crippen LogP contribution in [0.25, 0.3) is 0 Å². The molecule has 1 rings (SSSR count). The summed E-state index contributed by atoms with van der Waals surface area (Å²) in [5.41, 5.74) is 0.831. The van der Waals surface area contributed by atoms with Crippen molar-refractivity contribution < 1.29 is 13.9 Å². The first-order valence-corrected chi connectivity index (χ1v) is 6.95. The Bertz CT molecular complexity index is 511. The number of terminal acetylenes is 1. The monoisotopic (exact) mass is 292 g/mol. The van der Waals surface area contributed by atoms with E-state index in [4.69, 9.17) is 11.2 Å². The predicted molar refractivity (Wildman–Crippen MR) is 80.3 cm³/mol. The average Bonchev–Trinajstić information content (AvgIpc) is 2.47. The van der Waals surface area contributed by atoms with Gasteiger partial charge < -0.3 is 15.4 Å². The van der Waals surface area contributed by atoms with Crippen LogP contribution in [0, 0.1) is 18.2 Å². The zero-order chi connectivity index (χ0) is 15.7. The van der Waals surface area contributed by atoms with E-state index in [2.05, 4.69) is 23.5 Å². The second-order valence-electron chi connectivity index (χ2n) is 4.62. The molecule has 5 heteroatoms. The highest BCUT2D eigenvalue weighted by atomic mass is 19.1. The molecule has 4 nitrogen and oxygen atoms in total. The van der Waals surface area contributed by atoms with E-state index in [1.807, 2.05) is 0 Å². The largest absolute Gasteiger partial charge is 0.478 e. The van der Waals surface area contributed by atoms with E-state index < -0.39 is 11.9 Å². The smallest absolute Gasteiger partial charge is 0.261 e. The number of hydrogen-bond donors (Lipinski definition) is 2. The quantitative estimate of drug-likeness (QED) is 0.568. The van der Waals surface area contributed by atoms with Crippen molar-refractivity contribution in [1.29, 1.82) is 0 Å². The lowest BCUT2D eigenvalue weighted by molar-refractivity contribution is -0.127. The van der Waals surface area contributed by atoms with Gasteiger partial charge in [-0.3, -0.25) is 4.79 Å². The molecule has 0 aromatic heterocycles. The molecule has 1 atom stereocenters. The van der Waals surface area contributed by atoms with Crippen molar-refractivity contribution in [3.63, 3.8) is 0 Å². The van der Waals surface area contributed by atoms with Crippen molar-refractivity contribution in [2.75, 3.05) is 13.1 Å². The zero-order valence-electron chi connectivity index (χ0n) is 12.4. The van der Waals surface area contributed by atoms with Crippen LogP contribution in [0.2, 0.25) is 0 Å². The van der Waals surface area contributed by atoms with Gasteiger partial charge in [0.05, 0.1) is 6.54 Å². The topological polar surface area (TPSA) is 50.4 Å². The number of benzene rings is 1. The molecule has 1 unspecified atom stereocenters. The van der Waals surface area contributed by atoms with Crippen molar-refractivity contribution in [1.82, 2.24) is 10.6 Å². The Labute approximate surface area is 125 Å². The third kappa shape index (κ3) is 5.84. The number of rotatable bonds is 8. The molecule has 114 valence electrons. The maximum atomic E-state index is 13.9. The van der Waals surface area contributed by atoms with Gasteiger partial charge in [-0.15, -0.1) is 6.42 Å². The van der Waals surface area contributed by atoms with E-state index in [1.54, 1.807) is 13.0 Å². The van der Waals surface area contributed by atoms with Gasteiger partial charge in [0.25, 0.3) is 5.91 Å². The van der Waals surface area contributed by atoms with Crippen LogP contribution in [0.15, 0.2) is 18.2 Å². The molecular weight excluding hydrogens is 271 g/mol. The molecule has 21 heavy (non-hydrogen) atoms. The second-order valence-corrected chi connectivity index (χ2v) is 4.62. The van der Waals surface area contributed by atoms with Crippen LogP contribution < -0.4 is 15.4 Å². The number of nitrogens with one attached hydrogen (secondary N) is 2. The van der Waals surface area contributed by atoms with Gasteiger partial charge in [0.2, 0.25) is 0 Å². The van der Waals surface area contributed by atoms with Crippen molar-refractivity contribution >= 4 is 5.91 Å².